The highest BCUT2D eigenvalue weighted by Crippen LogP contribution is 2.33. The highest BCUT2D eigenvalue weighted by Gasteiger charge is 2.17. The van der Waals surface area contributed by atoms with Crippen molar-refractivity contribution in [3.8, 4) is 5.69 Å². The standard InChI is InChI=1S/C30H30N6OS/c1-4-5-14-29-32-24-17-31-16-15-26(24)36(29)19-22-18-35(25-11-7-6-10-23(22)25)27-12-8-9-13-28(27)38-34-30-20(2)21(3)37-33-30/h6-13,15-18H,4-5,14,19H2,1-3H3,(H,33,34). The van der Waals surface area contributed by atoms with Gasteiger partial charge in [0.1, 0.15) is 17.1 Å². The van der Waals surface area contributed by atoms with Gasteiger partial charge in [0.05, 0.1) is 34.4 Å². The van der Waals surface area contributed by atoms with E-state index in [1.54, 1.807) is 11.9 Å². The monoisotopic (exact) mass is 522 g/mol. The quantitative estimate of drug-likeness (QED) is 0.198. The first-order chi connectivity index (χ1) is 18.6. The number of nitrogens with one attached hydrogen (secondary N) is 1. The van der Waals surface area contributed by atoms with E-state index in [1.807, 2.05) is 26.2 Å². The number of unbranched alkanes of at least 4 members (excludes halogenated alkanes) is 1. The van der Waals surface area contributed by atoms with Gasteiger partial charge in [-0.2, -0.15) is 0 Å². The molecule has 0 amide bonds. The van der Waals surface area contributed by atoms with Crippen LogP contribution in [0.4, 0.5) is 5.82 Å². The molecule has 192 valence electrons. The van der Waals surface area contributed by atoms with E-state index in [1.165, 1.54) is 16.5 Å². The van der Waals surface area contributed by atoms with E-state index in [0.717, 1.165) is 70.4 Å². The van der Waals surface area contributed by atoms with Crippen LogP contribution in [-0.2, 0) is 13.0 Å². The fourth-order valence-corrected chi connectivity index (χ4v) is 5.65. The molecule has 0 spiro atoms. The molecule has 2 aromatic carbocycles. The van der Waals surface area contributed by atoms with E-state index in [-0.39, 0.29) is 0 Å². The van der Waals surface area contributed by atoms with Gasteiger partial charge in [0, 0.05) is 29.8 Å². The van der Waals surface area contributed by atoms with Crippen LogP contribution in [0.25, 0.3) is 27.6 Å². The van der Waals surface area contributed by atoms with Crippen molar-refractivity contribution >= 4 is 39.7 Å². The van der Waals surface area contributed by atoms with Crippen LogP contribution in [0.5, 0.6) is 0 Å². The number of hydrogen-bond acceptors (Lipinski definition) is 6. The summed E-state index contributed by atoms with van der Waals surface area (Å²) >= 11 is 1.54. The second-order valence-corrected chi connectivity index (χ2v) is 10.4. The molecule has 0 aliphatic heterocycles. The minimum atomic E-state index is 0.748. The average Bonchev–Trinajstić information content (AvgIpc) is 3.60. The molecule has 6 aromatic rings. The average molecular weight is 523 g/mol. The van der Waals surface area contributed by atoms with Gasteiger partial charge in [-0.25, -0.2) is 4.98 Å². The molecule has 7 nitrogen and oxygen atoms in total. The molecule has 0 atom stereocenters. The summed E-state index contributed by atoms with van der Waals surface area (Å²) in [4.78, 5) is 10.3. The Morgan fingerprint density at radius 2 is 1.84 bits per heavy atom. The number of hydrogen-bond donors (Lipinski definition) is 1. The van der Waals surface area contributed by atoms with Crippen LogP contribution < -0.4 is 4.72 Å². The van der Waals surface area contributed by atoms with Crippen molar-refractivity contribution in [2.24, 2.45) is 0 Å². The summed E-state index contributed by atoms with van der Waals surface area (Å²) in [5, 5.41) is 5.39. The van der Waals surface area contributed by atoms with E-state index in [0.29, 0.717) is 0 Å². The van der Waals surface area contributed by atoms with E-state index in [4.69, 9.17) is 9.51 Å². The predicted octanol–water partition coefficient (Wildman–Crippen LogP) is 7.49. The molecule has 6 rings (SSSR count). The van der Waals surface area contributed by atoms with Gasteiger partial charge >= 0.3 is 0 Å². The van der Waals surface area contributed by atoms with E-state index >= 15 is 0 Å². The highest BCUT2D eigenvalue weighted by molar-refractivity contribution is 8.00. The molecule has 0 unspecified atom stereocenters. The molecule has 4 aromatic heterocycles. The van der Waals surface area contributed by atoms with Crippen molar-refractivity contribution in [2.75, 3.05) is 4.72 Å². The van der Waals surface area contributed by atoms with Gasteiger partial charge in [-0.15, -0.1) is 0 Å². The smallest absolute Gasteiger partial charge is 0.182 e. The molecular formula is C30H30N6OS. The number of imidazole rings is 1. The van der Waals surface area contributed by atoms with E-state index < -0.39 is 0 Å². The van der Waals surface area contributed by atoms with Crippen LogP contribution in [0.2, 0.25) is 0 Å². The Morgan fingerprint density at radius 1 is 1.00 bits per heavy atom. The number of para-hydroxylation sites is 2. The topological polar surface area (TPSA) is 73.7 Å². The van der Waals surface area contributed by atoms with Crippen LogP contribution in [-0.4, -0.2) is 24.3 Å². The minimum Gasteiger partial charge on any atom is -0.359 e. The van der Waals surface area contributed by atoms with Crippen molar-refractivity contribution in [3.05, 3.63) is 95.9 Å². The van der Waals surface area contributed by atoms with Gasteiger partial charge in [0.15, 0.2) is 5.82 Å². The first-order valence-corrected chi connectivity index (χ1v) is 13.8. The van der Waals surface area contributed by atoms with Crippen LogP contribution in [0, 0.1) is 13.8 Å². The zero-order valence-corrected chi connectivity index (χ0v) is 22.6. The van der Waals surface area contributed by atoms with Gasteiger partial charge in [-0.05, 0) is 62.0 Å². The summed E-state index contributed by atoms with van der Waals surface area (Å²) < 4.78 is 13.4. The predicted molar refractivity (Wildman–Crippen MR) is 154 cm³/mol. The Kier molecular flexibility index (Phi) is 6.64. The number of rotatable bonds is 9. The van der Waals surface area contributed by atoms with Crippen molar-refractivity contribution < 1.29 is 4.52 Å². The lowest BCUT2D eigenvalue weighted by molar-refractivity contribution is 0.399. The lowest BCUT2D eigenvalue weighted by atomic mass is 10.1. The van der Waals surface area contributed by atoms with Gasteiger partial charge < -0.3 is 18.4 Å². The summed E-state index contributed by atoms with van der Waals surface area (Å²) in [6.07, 6.45) is 9.19. The van der Waals surface area contributed by atoms with Crippen LogP contribution in [0.3, 0.4) is 0 Å². The van der Waals surface area contributed by atoms with Crippen LogP contribution >= 0.6 is 11.9 Å². The second kappa shape index (κ2) is 10.4. The Hall–Kier alpha value is -4.04. The Morgan fingerprint density at radius 3 is 2.68 bits per heavy atom. The van der Waals surface area contributed by atoms with Gasteiger partial charge in [-0.3, -0.25) is 4.98 Å². The molecule has 0 aliphatic rings. The molecule has 0 saturated heterocycles. The Balaban J connectivity index is 1.40. The zero-order valence-electron chi connectivity index (χ0n) is 21.8. The Labute approximate surface area is 226 Å². The fraction of sp³-hybridized carbons (Fsp3) is 0.233. The molecule has 38 heavy (non-hydrogen) atoms. The third-order valence-corrected chi connectivity index (χ3v) is 7.91. The maximum atomic E-state index is 5.33. The van der Waals surface area contributed by atoms with Gasteiger partial charge in [0.25, 0.3) is 0 Å². The van der Waals surface area contributed by atoms with Crippen molar-refractivity contribution in [1.82, 2.24) is 24.3 Å². The van der Waals surface area contributed by atoms with E-state index in [2.05, 4.69) is 91.7 Å². The molecular weight excluding hydrogens is 492 g/mol. The number of pyridine rings is 1. The molecule has 0 radical (unpaired) electrons. The number of anilines is 1. The lowest BCUT2D eigenvalue weighted by Gasteiger charge is -2.12. The lowest BCUT2D eigenvalue weighted by Crippen LogP contribution is -2.05. The fourth-order valence-electron chi connectivity index (χ4n) is 4.84. The number of aromatic nitrogens is 5. The summed E-state index contributed by atoms with van der Waals surface area (Å²) in [7, 11) is 0. The summed E-state index contributed by atoms with van der Waals surface area (Å²) in [6.45, 7) is 6.90. The molecule has 0 bridgehead atoms. The first-order valence-electron chi connectivity index (χ1n) is 13.0. The molecule has 8 heteroatoms. The maximum Gasteiger partial charge on any atom is 0.182 e. The van der Waals surface area contributed by atoms with Crippen molar-refractivity contribution in [3.63, 3.8) is 0 Å². The zero-order chi connectivity index (χ0) is 26.1. The molecule has 4 heterocycles. The summed E-state index contributed by atoms with van der Waals surface area (Å²) in [5.74, 6) is 2.69. The summed E-state index contributed by atoms with van der Waals surface area (Å²) in [6, 6.07) is 19.1. The van der Waals surface area contributed by atoms with Gasteiger partial charge in [0.2, 0.25) is 0 Å². The largest absolute Gasteiger partial charge is 0.359 e. The van der Waals surface area contributed by atoms with Crippen LogP contribution in [0.15, 0.2) is 82.6 Å². The second-order valence-electron chi connectivity index (χ2n) is 9.51. The minimum absolute atomic E-state index is 0.748. The van der Waals surface area contributed by atoms with Crippen molar-refractivity contribution in [2.45, 2.75) is 51.5 Å². The van der Waals surface area contributed by atoms with E-state index in [9.17, 15) is 0 Å². The third-order valence-electron chi connectivity index (χ3n) is 7.05. The highest BCUT2D eigenvalue weighted by atomic mass is 32.2. The number of fused-ring (bicyclic) bond motifs is 2. The van der Waals surface area contributed by atoms with Gasteiger partial charge in [-0.1, -0.05) is 48.8 Å². The normalized spacial score (nSPS) is 11.6. The Bertz CT molecular complexity index is 1730. The number of benzene rings is 2. The number of nitrogens with zero attached hydrogens (tertiary/aromatic N) is 5. The number of aryl methyl sites for hydroxylation is 2. The first kappa shape index (κ1) is 24.3. The molecule has 0 aliphatic carbocycles. The molecule has 1 N–H and O–H groups in total. The molecule has 0 fully saturated rings. The van der Waals surface area contributed by atoms with Crippen molar-refractivity contribution in [1.29, 1.82) is 0 Å². The maximum absolute atomic E-state index is 5.33. The molecule has 0 saturated carbocycles. The summed E-state index contributed by atoms with van der Waals surface area (Å²) in [5.41, 5.74) is 6.63. The third kappa shape index (κ3) is 4.45. The van der Waals surface area contributed by atoms with Crippen LogP contribution in [0.1, 0.15) is 42.5 Å². The SMILES string of the molecule is CCCCc1nc2cnccc2n1Cc1cn(-c2ccccc2SNc2noc(C)c2C)c2ccccc12.